The average Bonchev–Trinajstić information content (AvgIpc) is 2.82. The lowest BCUT2D eigenvalue weighted by Gasteiger charge is -2.18. The number of nitrogens with zero attached hydrogens (tertiary/aromatic N) is 2. The van der Waals surface area contributed by atoms with Gasteiger partial charge >= 0.3 is 0 Å². The van der Waals surface area contributed by atoms with E-state index >= 15 is 0 Å². The predicted molar refractivity (Wildman–Crippen MR) is 86.1 cm³/mol. The number of hydrogen-bond donors (Lipinski definition) is 1. The first-order chi connectivity index (χ1) is 10.0. The van der Waals surface area contributed by atoms with Gasteiger partial charge in [-0.05, 0) is 25.0 Å². The molecule has 1 amide bonds. The van der Waals surface area contributed by atoms with Crippen LogP contribution in [0.25, 0.3) is 0 Å². The molecule has 0 spiro atoms. The van der Waals surface area contributed by atoms with Crippen molar-refractivity contribution < 1.29 is 4.79 Å². The third-order valence-corrected chi connectivity index (χ3v) is 3.49. The molecule has 4 nitrogen and oxygen atoms in total. The summed E-state index contributed by atoms with van der Waals surface area (Å²) < 4.78 is 1.93. The van der Waals surface area contributed by atoms with Crippen LogP contribution in [0.15, 0.2) is 36.5 Å². The van der Waals surface area contributed by atoms with Gasteiger partial charge in [-0.15, -0.1) is 0 Å². The van der Waals surface area contributed by atoms with E-state index in [1.165, 1.54) is 5.56 Å². The minimum Gasteiger partial charge on any atom is -0.397 e. The lowest BCUT2D eigenvalue weighted by atomic mass is 10.1. The molecule has 0 fully saturated rings. The molecular weight excluding hydrogens is 262 g/mol. The van der Waals surface area contributed by atoms with Gasteiger partial charge < -0.3 is 15.2 Å². The minimum atomic E-state index is 0.000671. The van der Waals surface area contributed by atoms with E-state index < -0.39 is 0 Å². The number of hydrogen-bond acceptors (Lipinski definition) is 2. The maximum atomic E-state index is 12.6. The number of carbonyl (C=O) groups excluding carboxylic acids is 1. The second-order valence-corrected chi connectivity index (χ2v) is 5.50. The maximum Gasteiger partial charge on any atom is 0.270 e. The van der Waals surface area contributed by atoms with Crippen LogP contribution < -0.4 is 5.73 Å². The molecule has 2 N–H and O–H groups in total. The number of benzene rings is 1. The van der Waals surface area contributed by atoms with Gasteiger partial charge in [-0.2, -0.15) is 0 Å². The molecule has 112 valence electrons. The van der Waals surface area contributed by atoms with Crippen LogP contribution in [0.2, 0.25) is 0 Å². The van der Waals surface area contributed by atoms with E-state index in [4.69, 9.17) is 5.73 Å². The van der Waals surface area contributed by atoms with Crippen LogP contribution in [-0.2, 0) is 13.1 Å². The second kappa shape index (κ2) is 6.48. The molecule has 1 aromatic heterocycles. The van der Waals surface area contributed by atoms with E-state index in [0.717, 1.165) is 18.5 Å². The Balaban J connectivity index is 2.13. The molecule has 0 bridgehead atoms. The van der Waals surface area contributed by atoms with E-state index in [1.807, 2.05) is 17.8 Å². The highest BCUT2D eigenvalue weighted by Crippen LogP contribution is 2.15. The largest absolute Gasteiger partial charge is 0.397 e. The summed E-state index contributed by atoms with van der Waals surface area (Å²) in [6.45, 7) is 5.53. The van der Waals surface area contributed by atoms with Crippen LogP contribution in [0, 0.1) is 6.92 Å². The van der Waals surface area contributed by atoms with Crippen LogP contribution in [0.3, 0.4) is 0 Å². The Hall–Kier alpha value is -2.23. The number of aryl methyl sites for hydroxylation is 2. The van der Waals surface area contributed by atoms with Gasteiger partial charge in [0, 0.05) is 26.3 Å². The van der Waals surface area contributed by atoms with Crippen molar-refractivity contribution in [1.82, 2.24) is 9.47 Å². The first-order valence-electron chi connectivity index (χ1n) is 7.28. The number of nitrogen functional groups attached to an aromatic ring is 1. The molecule has 1 heterocycles. The van der Waals surface area contributed by atoms with Gasteiger partial charge in [-0.1, -0.05) is 36.8 Å². The zero-order chi connectivity index (χ0) is 15.4. The molecule has 4 heteroatoms. The summed E-state index contributed by atoms with van der Waals surface area (Å²) in [4.78, 5) is 14.3. The van der Waals surface area contributed by atoms with Crippen molar-refractivity contribution in [1.29, 1.82) is 0 Å². The van der Waals surface area contributed by atoms with Gasteiger partial charge in [0.05, 0.1) is 5.69 Å². The van der Waals surface area contributed by atoms with Crippen molar-refractivity contribution in [2.45, 2.75) is 33.4 Å². The molecule has 2 rings (SSSR count). The molecule has 2 aromatic rings. The lowest BCUT2D eigenvalue weighted by molar-refractivity contribution is 0.0774. The molecule has 0 aliphatic rings. The smallest absolute Gasteiger partial charge is 0.270 e. The standard InChI is InChI=1S/C17H23N3O/c1-4-9-20-12-15(18)10-16(20)17(21)19(3)11-14-7-5-13(2)6-8-14/h5-8,10,12H,4,9,11,18H2,1-3H3. The molecule has 0 unspecified atom stereocenters. The summed E-state index contributed by atoms with van der Waals surface area (Å²) in [5.74, 6) is 0.000671. The summed E-state index contributed by atoms with van der Waals surface area (Å²) in [5.41, 5.74) is 9.46. The molecule has 0 aliphatic carbocycles. The molecule has 0 saturated heterocycles. The van der Waals surface area contributed by atoms with E-state index in [0.29, 0.717) is 17.9 Å². The van der Waals surface area contributed by atoms with E-state index in [-0.39, 0.29) is 5.91 Å². The van der Waals surface area contributed by atoms with Crippen molar-refractivity contribution in [3.05, 3.63) is 53.3 Å². The average molecular weight is 285 g/mol. The predicted octanol–water partition coefficient (Wildman–Crippen LogP) is 3.06. The molecular formula is C17H23N3O. The van der Waals surface area contributed by atoms with Crippen molar-refractivity contribution >= 4 is 11.6 Å². The number of rotatable bonds is 5. The third-order valence-electron chi connectivity index (χ3n) is 3.49. The summed E-state index contributed by atoms with van der Waals surface area (Å²) in [7, 11) is 1.82. The van der Waals surface area contributed by atoms with Crippen LogP contribution in [-0.4, -0.2) is 22.4 Å². The fourth-order valence-electron chi connectivity index (χ4n) is 2.37. The number of aromatic nitrogens is 1. The Morgan fingerprint density at radius 1 is 1.29 bits per heavy atom. The third kappa shape index (κ3) is 3.66. The molecule has 0 saturated carbocycles. The summed E-state index contributed by atoms with van der Waals surface area (Å²) in [6.07, 6.45) is 2.80. The minimum absolute atomic E-state index is 0.000671. The SMILES string of the molecule is CCCn1cc(N)cc1C(=O)N(C)Cc1ccc(C)cc1. The number of amides is 1. The highest BCUT2D eigenvalue weighted by molar-refractivity contribution is 5.93. The maximum absolute atomic E-state index is 12.6. The zero-order valence-corrected chi connectivity index (χ0v) is 13.0. The van der Waals surface area contributed by atoms with Crippen molar-refractivity contribution in [2.24, 2.45) is 0 Å². The van der Waals surface area contributed by atoms with Crippen LogP contribution in [0.4, 0.5) is 5.69 Å². The van der Waals surface area contributed by atoms with Crippen molar-refractivity contribution in [2.75, 3.05) is 12.8 Å². The first kappa shape index (κ1) is 15.2. The molecule has 1 aromatic carbocycles. The number of nitrogens with two attached hydrogens (primary N) is 1. The highest BCUT2D eigenvalue weighted by Gasteiger charge is 2.17. The van der Waals surface area contributed by atoms with Crippen LogP contribution in [0.1, 0.15) is 35.0 Å². The molecule has 0 atom stereocenters. The van der Waals surface area contributed by atoms with Gasteiger partial charge in [0.15, 0.2) is 0 Å². The normalized spacial score (nSPS) is 10.6. The number of anilines is 1. The van der Waals surface area contributed by atoms with E-state index in [2.05, 4.69) is 38.1 Å². The fraction of sp³-hybridized carbons (Fsp3) is 0.353. The summed E-state index contributed by atoms with van der Waals surface area (Å²) in [6, 6.07) is 9.98. The quantitative estimate of drug-likeness (QED) is 0.918. The van der Waals surface area contributed by atoms with Crippen LogP contribution in [0.5, 0.6) is 0 Å². The zero-order valence-electron chi connectivity index (χ0n) is 13.0. The van der Waals surface area contributed by atoms with Gasteiger partial charge in [-0.25, -0.2) is 0 Å². The van der Waals surface area contributed by atoms with Gasteiger partial charge in [0.2, 0.25) is 0 Å². The Morgan fingerprint density at radius 2 is 1.95 bits per heavy atom. The summed E-state index contributed by atoms with van der Waals surface area (Å²) in [5, 5.41) is 0. The summed E-state index contributed by atoms with van der Waals surface area (Å²) >= 11 is 0. The Labute approximate surface area is 126 Å². The van der Waals surface area contributed by atoms with Crippen LogP contribution >= 0.6 is 0 Å². The molecule has 21 heavy (non-hydrogen) atoms. The van der Waals surface area contributed by atoms with E-state index in [1.54, 1.807) is 11.0 Å². The van der Waals surface area contributed by atoms with Gasteiger partial charge in [0.1, 0.15) is 5.69 Å². The van der Waals surface area contributed by atoms with Gasteiger partial charge in [0.25, 0.3) is 5.91 Å². The Kier molecular flexibility index (Phi) is 4.68. The van der Waals surface area contributed by atoms with Crippen molar-refractivity contribution in [3.8, 4) is 0 Å². The Bertz CT molecular complexity index is 613. The first-order valence-corrected chi connectivity index (χ1v) is 7.28. The fourth-order valence-corrected chi connectivity index (χ4v) is 2.37. The monoisotopic (exact) mass is 285 g/mol. The Morgan fingerprint density at radius 3 is 2.57 bits per heavy atom. The second-order valence-electron chi connectivity index (χ2n) is 5.50. The van der Waals surface area contributed by atoms with E-state index in [9.17, 15) is 4.79 Å². The topological polar surface area (TPSA) is 51.3 Å². The van der Waals surface area contributed by atoms with Crippen molar-refractivity contribution in [3.63, 3.8) is 0 Å². The molecule has 0 radical (unpaired) electrons. The lowest BCUT2D eigenvalue weighted by Crippen LogP contribution is -2.28. The number of carbonyl (C=O) groups is 1. The molecule has 0 aliphatic heterocycles. The highest BCUT2D eigenvalue weighted by atomic mass is 16.2. The van der Waals surface area contributed by atoms with Gasteiger partial charge in [-0.3, -0.25) is 4.79 Å².